The van der Waals surface area contributed by atoms with E-state index in [1.54, 1.807) is 30.3 Å². The summed E-state index contributed by atoms with van der Waals surface area (Å²) in [6.07, 6.45) is 2.27. The molecule has 0 spiro atoms. The molecule has 0 aromatic heterocycles. The second-order valence-corrected chi connectivity index (χ2v) is 6.27. The Morgan fingerprint density at radius 2 is 1.83 bits per heavy atom. The quantitative estimate of drug-likeness (QED) is 0.463. The Balaban J connectivity index is 2.10. The molecule has 0 aliphatic heterocycles. The lowest BCUT2D eigenvalue weighted by Crippen LogP contribution is -2.25. The molecule has 0 saturated carbocycles. The molecule has 7 heteroatoms. The van der Waals surface area contributed by atoms with E-state index in [1.807, 2.05) is 38.1 Å². The van der Waals surface area contributed by atoms with Gasteiger partial charge in [-0.05, 0) is 49.2 Å². The molecule has 0 aliphatic carbocycles. The zero-order valence-corrected chi connectivity index (χ0v) is 17.1. The number of nitriles is 1. The van der Waals surface area contributed by atoms with Crippen LogP contribution >= 0.6 is 0 Å². The van der Waals surface area contributed by atoms with Gasteiger partial charge in [-0.1, -0.05) is 31.2 Å². The number of hydrogen-bond donors (Lipinski definition) is 2. The summed E-state index contributed by atoms with van der Waals surface area (Å²) in [7, 11) is 0. The second kappa shape index (κ2) is 11.9. The van der Waals surface area contributed by atoms with E-state index in [-0.39, 0.29) is 18.1 Å². The van der Waals surface area contributed by atoms with Crippen LogP contribution in [0.2, 0.25) is 0 Å². The minimum atomic E-state index is -0.421. The van der Waals surface area contributed by atoms with E-state index in [0.29, 0.717) is 35.9 Å². The van der Waals surface area contributed by atoms with Crippen molar-refractivity contribution in [3.05, 3.63) is 59.7 Å². The SMILES string of the molecule is CCCNC(=O)C(C#N)=Cc1ccc(OCC(=O)Nc2ccccc2)c(OCC)c1. The van der Waals surface area contributed by atoms with Crippen LogP contribution in [0.5, 0.6) is 11.5 Å². The van der Waals surface area contributed by atoms with Crippen LogP contribution in [0, 0.1) is 11.3 Å². The first-order valence-corrected chi connectivity index (χ1v) is 9.71. The number of carbonyl (C=O) groups is 2. The first-order chi connectivity index (χ1) is 14.6. The molecule has 2 aromatic rings. The molecule has 0 bridgehead atoms. The number of nitrogens with zero attached hydrogens (tertiary/aromatic N) is 1. The van der Waals surface area contributed by atoms with Crippen molar-refractivity contribution in [1.82, 2.24) is 5.32 Å². The number of carbonyl (C=O) groups excluding carboxylic acids is 2. The van der Waals surface area contributed by atoms with Gasteiger partial charge >= 0.3 is 0 Å². The van der Waals surface area contributed by atoms with Gasteiger partial charge in [-0.2, -0.15) is 5.26 Å². The third-order valence-electron chi connectivity index (χ3n) is 3.90. The molecule has 0 heterocycles. The van der Waals surface area contributed by atoms with E-state index in [0.717, 1.165) is 6.42 Å². The van der Waals surface area contributed by atoms with Crippen molar-refractivity contribution in [2.45, 2.75) is 20.3 Å². The lowest BCUT2D eigenvalue weighted by atomic mass is 10.1. The highest BCUT2D eigenvalue weighted by Crippen LogP contribution is 2.29. The summed E-state index contributed by atoms with van der Waals surface area (Å²) < 4.78 is 11.2. The molecule has 156 valence electrons. The molecular weight excluding hydrogens is 382 g/mol. The highest BCUT2D eigenvalue weighted by Gasteiger charge is 2.12. The molecule has 2 N–H and O–H groups in total. The van der Waals surface area contributed by atoms with Crippen LogP contribution in [0.4, 0.5) is 5.69 Å². The number of rotatable bonds is 10. The fourth-order valence-corrected chi connectivity index (χ4v) is 2.51. The van der Waals surface area contributed by atoms with Gasteiger partial charge in [0.05, 0.1) is 6.61 Å². The molecule has 0 atom stereocenters. The fourth-order valence-electron chi connectivity index (χ4n) is 2.51. The predicted octanol–water partition coefficient (Wildman–Crippen LogP) is 3.54. The van der Waals surface area contributed by atoms with Crippen LogP contribution in [-0.4, -0.2) is 31.6 Å². The minimum Gasteiger partial charge on any atom is -0.490 e. The van der Waals surface area contributed by atoms with Crippen LogP contribution in [-0.2, 0) is 9.59 Å². The van der Waals surface area contributed by atoms with E-state index in [2.05, 4.69) is 10.6 Å². The van der Waals surface area contributed by atoms with E-state index in [9.17, 15) is 14.9 Å². The highest BCUT2D eigenvalue weighted by molar-refractivity contribution is 6.01. The van der Waals surface area contributed by atoms with Gasteiger partial charge in [0, 0.05) is 12.2 Å². The Morgan fingerprint density at radius 3 is 2.50 bits per heavy atom. The first kappa shape index (κ1) is 22.5. The molecule has 2 aromatic carbocycles. The van der Waals surface area contributed by atoms with Crippen LogP contribution < -0.4 is 20.1 Å². The van der Waals surface area contributed by atoms with Crippen molar-refractivity contribution in [3.63, 3.8) is 0 Å². The maximum atomic E-state index is 12.1. The third-order valence-corrected chi connectivity index (χ3v) is 3.90. The highest BCUT2D eigenvalue weighted by atomic mass is 16.5. The number of ether oxygens (including phenoxy) is 2. The molecule has 0 radical (unpaired) electrons. The van der Waals surface area contributed by atoms with Gasteiger partial charge in [0.15, 0.2) is 18.1 Å². The number of para-hydroxylation sites is 1. The Kier molecular flexibility index (Phi) is 8.94. The molecule has 0 unspecified atom stereocenters. The smallest absolute Gasteiger partial charge is 0.262 e. The van der Waals surface area contributed by atoms with Gasteiger partial charge in [0.25, 0.3) is 11.8 Å². The van der Waals surface area contributed by atoms with Crippen molar-refractivity contribution in [2.75, 3.05) is 25.1 Å². The van der Waals surface area contributed by atoms with E-state index in [1.165, 1.54) is 6.08 Å². The number of amides is 2. The lowest BCUT2D eigenvalue weighted by molar-refractivity contribution is -0.118. The standard InChI is InChI=1S/C23H25N3O4/c1-3-12-25-23(28)18(15-24)13-17-10-11-20(21(14-17)29-4-2)30-16-22(27)26-19-8-6-5-7-9-19/h5-11,13-14H,3-4,12,16H2,1-2H3,(H,25,28)(H,26,27). The fraction of sp³-hybridized carbons (Fsp3) is 0.261. The van der Waals surface area contributed by atoms with E-state index >= 15 is 0 Å². The Labute approximate surface area is 176 Å². The first-order valence-electron chi connectivity index (χ1n) is 9.71. The van der Waals surface area contributed by atoms with Crippen molar-refractivity contribution in [1.29, 1.82) is 5.26 Å². The van der Waals surface area contributed by atoms with Gasteiger partial charge in [-0.3, -0.25) is 9.59 Å². The largest absolute Gasteiger partial charge is 0.490 e. The van der Waals surface area contributed by atoms with Crippen molar-refractivity contribution < 1.29 is 19.1 Å². The summed E-state index contributed by atoms with van der Waals surface area (Å²) in [5.74, 6) is 0.0957. The van der Waals surface area contributed by atoms with Crippen molar-refractivity contribution in [2.24, 2.45) is 0 Å². The molecule has 2 rings (SSSR count). The lowest BCUT2D eigenvalue weighted by Gasteiger charge is -2.13. The van der Waals surface area contributed by atoms with Gasteiger partial charge < -0.3 is 20.1 Å². The Bertz CT molecular complexity index is 933. The van der Waals surface area contributed by atoms with Gasteiger partial charge in [0.1, 0.15) is 11.6 Å². The maximum absolute atomic E-state index is 12.1. The number of anilines is 1. The minimum absolute atomic E-state index is 0.00167. The number of nitrogens with one attached hydrogen (secondary N) is 2. The number of benzene rings is 2. The zero-order valence-electron chi connectivity index (χ0n) is 17.1. The summed E-state index contributed by atoms with van der Waals surface area (Å²) in [6.45, 7) is 4.46. The summed E-state index contributed by atoms with van der Waals surface area (Å²) in [5, 5.41) is 14.7. The molecule has 7 nitrogen and oxygen atoms in total. The molecular formula is C23H25N3O4. The summed E-state index contributed by atoms with van der Waals surface area (Å²) in [6, 6.07) is 16.0. The van der Waals surface area contributed by atoms with Crippen LogP contribution in [0.25, 0.3) is 6.08 Å². The van der Waals surface area contributed by atoms with Crippen LogP contribution in [0.1, 0.15) is 25.8 Å². The van der Waals surface area contributed by atoms with Gasteiger partial charge in [-0.25, -0.2) is 0 Å². The molecule has 0 saturated heterocycles. The van der Waals surface area contributed by atoms with Gasteiger partial charge in [-0.15, -0.1) is 0 Å². The average molecular weight is 407 g/mol. The van der Waals surface area contributed by atoms with Gasteiger partial charge in [0.2, 0.25) is 0 Å². The van der Waals surface area contributed by atoms with Crippen molar-refractivity contribution >= 4 is 23.6 Å². The maximum Gasteiger partial charge on any atom is 0.262 e. The van der Waals surface area contributed by atoms with Crippen molar-refractivity contribution in [3.8, 4) is 17.6 Å². The summed E-state index contributed by atoms with van der Waals surface area (Å²) in [4.78, 5) is 24.1. The molecule has 2 amide bonds. The summed E-state index contributed by atoms with van der Waals surface area (Å²) in [5.41, 5.74) is 1.30. The molecule has 0 fully saturated rings. The Morgan fingerprint density at radius 1 is 1.07 bits per heavy atom. The third kappa shape index (κ3) is 6.99. The Hall–Kier alpha value is -3.79. The second-order valence-electron chi connectivity index (χ2n) is 6.27. The predicted molar refractivity (Wildman–Crippen MR) is 115 cm³/mol. The van der Waals surface area contributed by atoms with E-state index in [4.69, 9.17) is 9.47 Å². The number of hydrogen-bond acceptors (Lipinski definition) is 5. The molecule has 30 heavy (non-hydrogen) atoms. The topological polar surface area (TPSA) is 100 Å². The normalized spacial score (nSPS) is 10.6. The van der Waals surface area contributed by atoms with E-state index < -0.39 is 5.91 Å². The van der Waals surface area contributed by atoms with Crippen LogP contribution in [0.15, 0.2) is 54.1 Å². The average Bonchev–Trinajstić information content (AvgIpc) is 2.76. The monoisotopic (exact) mass is 407 g/mol. The summed E-state index contributed by atoms with van der Waals surface area (Å²) >= 11 is 0. The zero-order chi connectivity index (χ0) is 21.8. The molecule has 0 aliphatic rings. The van der Waals surface area contributed by atoms with Crippen LogP contribution in [0.3, 0.4) is 0 Å².